The van der Waals surface area contributed by atoms with E-state index in [0.717, 1.165) is 16.8 Å². The molecule has 0 bridgehead atoms. The number of methoxy groups -OCH3 is 1. The lowest BCUT2D eigenvalue weighted by Crippen LogP contribution is -2.23. The molecule has 0 saturated carbocycles. The Morgan fingerprint density at radius 3 is 2.86 bits per heavy atom. The molecule has 0 unspecified atom stereocenters. The lowest BCUT2D eigenvalue weighted by Gasteiger charge is -2.09. The van der Waals surface area contributed by atoms with Gasteiger partial charge in [-0.3, -0.25) is 9.78 Å². The fraction of sp³-hybridized carbons (Fsp3) is 0.294. The number of anilines is 1. The summed E-state index contributed by atoms with van der Waals surface area (Å²) in [7, 11) is 1.65. The maximum atomic E-state index is 12.2. The Bertz CT molecular complexity index is 629. The van der Waals surface area contributed by atoms with Gasteiger partial charge >= 0.3 is 0 Å². The molecular formula is C17H21N3O2. The summed E-state index contributed by atoms with van der Waals surface area (Å²) in [6.07, 6.45) is 3.25. The van der Waals surface area contributed by atoms with E-state index in [2.05, 4.69) is 15.6 Å². The van der Waals surface area contributed by atoms with Gasteiger partial charge in [-0.05, 0) is 24.1 Å². The number of aromatic nitrogens is 1. The van der Waals surface area contributed by atoms with Crippen molar-refractivity contribution < 1.29 is 9.53 Å². The van der Waals surface area contributed by atoms with E-state index in [1.807, 2.05) is 31.2 Å². The average molecular weight is 299 g/mol. The van der Waals surface area contributed by atoms with Gasteiger partial charge < -0.3 is 15.4 Å². The number of carbonyl (C=O) groups is 1. The number of pyridine rings is 1. The maximum absolute atomic E-state index is 12.2. The Labute approximate surface area is 130 Å². The molecule has 0 aliphatic carbocycles. The summed E-state index contributed by atoms with van der Waals surface area (Å²) in [5, 5.41) is 6.08. The normalized spacial score (nSPS) is 10.3. The zero-order valence-corrected chi connectivity index (χ0v) is 12.9. The van der Waals surface area contributed by atoms with E-state index >= 15 is 0 Å². The van der Waals surface area contributed by atoms with Crippen LogP contribution in [-0.2, 0) is 11.3 Å². The molecule has 0 fully saturated rings. The minimum absolute atomic E-state index is 0.133. The summed E-state index contributed by atoms with van der Waals surface area (Å²) in [6.45, 7) is 3.81. The second kappa shape index (κ2) is 8.14. The molecule has 0 atom stereocenters. The molecule has 0 saturated heterocycles. The molecule has 2 rings (SSSR count). The van der Waals surface area contributed by atoms with Crippen molar-refractivity contribution in [3.05, 3.63) is 59.4 Å². The van der Waals surface area contributed by atoms with Gasteiger partial charge in [-0.2, -0.15) is 0 Å². The number of nitrogens with zero attached hydrogens (tertiary/aromatic N) is 1. The largest absolute Gasteiger partial charge is 0.383 e. The molecule has 22 heavy (non-hydrogen) atoms. The molecule has 2 aromatic rings. The Morgan fingerprint density at radius 2 is 2.09 bits per heavy atom. The fourth-order valence-corrected chi connectivity index (χ4v) is 2.04. The van der Waals surface area contributed by atoms with Gasteiger partial charge in [0, 0.05) is 32.6 Å². The lowest BCUT2D eigenvalue weighted by molar-refractivity contribution is 0.0950. The first-order valence-corrected chi connectivity index (χ1v) is 7.21. The molecule has 0 radical (unpaired) electrons. The first-order chi connectivity index (χ1) is 10.7. The van der Waals surface area contributed by atoms with Gasteiger partial charge in [0.25, 0.3) is 5.91 Å². The van der Waals surface area contributed by atoms with Crippen molar-refractivity contribution >= 4 is 11.6 Å². The highest BCUT2D eigenvalue weighted by atomic mass is 16.5. The van der Waals surface area contributed by atoms with Crippen LogP contribution in [0.15, 0.2) is 42.7 Å². The second-order valence-corrected chi connectivity index (χ2v) is 4.99. The Morgan fingerprint density at radius 1 is 1.27 bits per heavy atom. The van der Waals surface area contributed by atoms with E-state index < -0.39 is 0 Å². The summed E-state index contributed by atoms with van der Waals surface area (Å²) in [5.41, 5.74) is 3.62. The number of benzene rings is 1. The molecule has 1 amide bonds. The van der Waals surface area contributed by atoms with Crippen LogP contribution in [0.5, 0.6) is 0 Å². The van der Waals surface area contributed by atoms with E-state index in [1.54, 1.807) is 25.6 Å². The number of ether oxygens (including phenoxy) is 1. The van der Waals surface area contributed by atoms with Crippen molar-refractivity contribution in [2.24, 2.45) is 0 Å². The van der Waals surface area contributed by atoms with Crippen molar-refractivity contribution in [2.75, 3.05) is 25.6 Å². The monoisotopic (exact) mass is 299 g/mol. The number of rotatable bonds is 7. The van der Waals surface area contributed by atoms with Crippen molar-refractivity contribution in [1.29, 1.82) is 0 Å². The maximum Gasteiger partial charge on any atom is 0.253 e. The number of nitrogens with one attached hydrogen (secondary N) is 2. The van der Waals surface area contributed by atoms with E-state index in [-0.39, 0.29) is 5.91 Å². The van der Waals surface area contributed by atoms with E-state index in [4.69, 9.17) is 4.74 Å². The van der Waals surface area contributed by atoms with Gasteiger partial charge in [-0.15, -0.1) is 0 Å². The van der Waals surface area contributed by atoms with Gasteiger partial charge in [0.1, 0.15) is 0 Å². The van der Waals surface area contributed by atoms with Gasteiger partial charge in [0.05, 0.1) is 17.9 Å². The molecule has 0 aliphatic heterocycles. The molecule has 5 nitrogen and oxygen atoms in total. The highest BCUT2D eigenvalue weighted by Gasteiger charge is 2.07. The Kier molecular flexibility index (Phi) is 5.91. The van der Waals surface area contributed by atoms with Crippen molar-refractivity contribution in [3.63, 3.8) is 0 Å². The van der Waals surface area contributed by atoms with Crippen LogP contribution >= 0.6 is 0 Å². The highest BCUT2D eigenvalue weighted by Crippen LogP contribution is 2.10. The van der Waals surface area contributed by atoms with Crippen LogP contribution in [0.1, 0.15) is 21.5 Å². The van der Waals surface area contributed by atoms with Crippen LogP contribution < -0.4 is 10.6 Å². The third kappa shape index (κ3) is 4.56. The number of amides is 1. The minimum atomic E-state index is -0.133. The predicted molar refractivity (Wildman–Crippen MR) is 87.0 cm³/mol. The molecule has 5 heteroatoms. The van der Waals surface area contributed by atoms with Crippen molar-refractivity contribution in [3.8, 4) is 0 Å². The highest BCUT2D eigenvalue weighted by molar-refractivity contribution is 5.94. The summed E-state index contributed by atoms with van der Waals surface area (Å²) >= 11 is 0. The SMILES string of the molecule is COCCNc1cncc(C(=O)NCc2ccccc2C)c1. The standard InChI is InChI=1S/C17H21N3O2/c1-13-5-3-4-6-14(13)11-20-17(21)15-9-16(12-18-10-15)19-7-8-22-2/h3-6,9-10,12,19H,7-8,11H2,1-2H3,(H,20,21). The van der Waals surface area contributed by atoms with Crippen LogP contribution in [0.2, 0.25) is 0 Å². The zero-order chi connectivity index (χ0) is 15.8. The molecule has 1 aromatic carbocycles. The van der Waals surface area contributed by atoms with Crippen LogP contribution in [0.4, 0.5) is 5.69 Å². The van der Waals surface area contributed by atoms with Gasteiger partial charge in [0.15, 0.2) is 0 Å². The fourth-order valence-electron chi connectivity index (χ4n) is 2.04. The van der Waals surface area contributed by atoms with Crippen molar-refractivity contribution in [2.45, 2.75) is 13.5 Å². The summed E-state index contributed by atoms with van der Waals surface area (Å²) in [4.78, 5) is 16.3. The van der Waals surface area contributed by atoms with E-state index in [0.29, 0.717) is 25.3 Å². The molecule has 116 valence electrons. The minimum Gasteiger partial charge on any atom is -0.383 e. The summed E-state index contributed by atoms with van der Waals surface area (Å²) in [6, 6.07) is 9.78. The molecule has 2 N–H and O–H groups in total. The molecule has 1 aromatic heterocycles. The number of hydrogen-bond donors (Lipinski definition) is 2. The van der Waals surface area contributed by atoms with Crippen molar-refractivity contribution in [1.82, 2.24) is 10.3 Å². The molecule has 0 spiro atoms. The topological polar surface area (TPSA) is 63.2 Å². The van der Waals surface area contributed by atoms with Gasteiger partial charge in [0.2, 0.25) is 0 Å². The van der Waals surface area contributed by atoms with Gasteiger partial charge in [-0.25, -0.2) is 0 Å². The van der Waals surface area contributed by atoms with E-state index in [1.165, 1.54) is 0 Å². The molecule has 1 heterocycles. The average Bonchev–Trinajstić information content (AvgIpc) is 2.54. The Balaban J connectivity index is 1.95. The lowest BCUT2D eigenvalue weighted by atomic mass is 10.1. The third-order valence-corrected chi connectivity index (χ3v) is 3.34. The number of aryl methyl sites for hydroxylation is 1. The summed E-state index contributed by atoms with van der Waals surface area (Å²) < 4.78 is 4.98. The van der Waals surface area contributed by atoms with E-state index in [9.17, 15) is 4.79 Å². The second-order valence-electron chi connectivity index (χ2n) is 4.99. The third-order valence-electron chi connectivity index (χ3n) is 3.34. The Hall–Kier alpha value is -2.40. The quantitative estimate of drug-likeness (QED) is 0.771. The number of hydrogen-bond acceptors (Lipinski definition) is 4. The zero-order valence-electron chi connectivity index (χ0n) is 12.9. The predicted octanol–water partition coefficient (Wildman–Crippen LogP) is 2.38. The first-order valence-electron chi connectivity index (χ1n) is 7.21. The number of carbonyl (C=O) groups excluding carboxylic acids is 1. The van der Waals surface area contributed by atoms with Gasteiger partial charge in [-0.1, -0.05) is 24.3 Å². The molecular weight excluding hydrogens is 278 g/mol. The first kappa shape index (κ1) is 16.0. The van der Waals surface area contributed by atoms with Crippen LogP contribution in [-0.4, -0.2) is 31.2 Å². The van der Waals surface area contributed by atoms with Crippen LogP contribution in [0.3, 0.4) is 0 Å². The van der Waals surface area contributed by atoms with Crippen LogP contribution in [0.25, 0.3) is 0 Å². The smallest absolute Gasteiger partial charge is 0.253 e. The van der Waals surface area contributed by atoms with Crippen LogP contribution in [0, 0.1) is 6.92 Å². The summed E-state index contributed by atoms with van der Waals surface area (Å²) in [5.74, 6) is -0.133. The molecule has 0 aliphatic rings.